The van der Waals surface area contributed by atoms with Crippen LogP contribution in [0.2, 0.25) is 0 Å². The number of rotatable bonds is 5. The van der Waals surface area contributed by atoms with Crippen molar-refractivity contribution in [1.29, 1.82) is 0 Å². The van der Waals surface area contributed by atoms with Gasteiger partial charge in [0, 0.05) is 0 Å². The molecule has 1 amide bonds. The molecule has 0 spiro atoms. The first-order valence-corrected chi connectivity index (χ1v) is 6.85. The molecule has 0 aliphatic heterocycles. The first-order chi connectivity index (χ1) is 10.5. The van der Waals surface area contributed by atoms with E-state index in [2.05, 4.69) is 10.5 Å². The van der Waals surface area contributed by atoms with Crippen molar-refractivity contribution in [1.82, 2.24) is 5.43 Å². The van der Waals surface area contributed by atoms with Crippen molar-refractivity contribution in [2.45, 2.75) is 13.8 Å². The van der Waals surface area contributed by atoms with E-state index in [-0.39, 0.29) is 18.3 Å². The minimum atomic E-state index is -0.340. The third-order valence-corrected chi connectivity index (χ3v) is 3.14. The van der Waals surface area contributed by atoms with Crippen molar-refractivity contribution >= 4 is 12.1 Å². The first kappa shape index (κ1) is 15.6. The molecule has 5 heteroatoms. The Morgan fingerprint density at radius 1 is 1.18 bits per heavy atom. The lowest BCUT2D eigenvalue weighted by Crippen LogP contribution is -2.24. The number of ether oxygens (including phenoxy) is 1. The van der Waals surface area contributed by atoms with Crippen LogP contribution in [0.4, 0.5) is 0 Å². The van der Waals surface area contributed by atoms with E-state index in [0.29, 0.717) is 5.75 Å². The van der Waals surface area contributed by atoms with Gasteiger partial charge in [0.15, 0.2) is 6.61 Å². The number of benzene rings is 2. The molecule has 0 aromatic heterocycles. The zero-order chi connectivity index (χ0) is 15.9. The van der Waals surface area contributed by atoms with E-state index in [1.165, 1.54) is 11.8 Å². The predicted octanol–water partition coefficient (Wildman–Crippen LogP) is 2.54. The number of aryl methyl sites for hydroxylation is 2. The van der Waals surface area contributed by atoms with Crippen molar-refractivity contribution in [3.63, 3.8) is 0 Å². The molecule has 2 rings (SSSR count). The van der Waals surface area contributed by atoms with Crippen molar-refractivity contribution in [2.75, 3.05) is 6.61 Å². The second-order valence-electron chi connectivity index (χ2n) is 4.92. The number of hydrazone groups is 1. The van der Waals surface area contributed by atoms with Gasteiger partial charge >= 0.3 is 0 Å². The number of hydrogen-bond acceptors (Lipinski definition) is 4. The molecular weight excluding hydrogens is 280 g/mol. The lowest BCUT2D eigenvalue weighted by atomic mass is 10.1. The third-order valence-electron chi connectivity index (χ3n) is 3.14. The third kappa shape index (κ3) is 4.63. The van der Waals surface area contributed by atoms with Gasteiger partial charge in [-0.2, -0.15) is 5.10 Å². The number of carbonyl (C=O) groups excluding carboxylic acids is 1. The van der Waals surface area contributed by atoms with Crippen LogP contribution in [-0.4, -0.2) is 23.8 Å². The zero-order valence-electron chi connectivity index (χ0n) is 12.5. The van der Waals surface area contributed by atoms with Gasteiger partial charge in [0.1, 0.15) is 11.5 Å². The Morgan fingerprint density at radius 3 is 2.59 bits per heavy atom. The number of amides is 1. The summed E-state index contributed by atoms with van der Waals surface area (Å²) >= 11 is 0. The maximum Gasteiger partial charge on any atom is 0.277 e. The van der Waals surface area contributed by atoms with Gasteiger partial charge in [0.25, 0.3) is 5.91 Å². The van der Waals surface area contributed by atoms with Gasteiger partial charge in [-0.05, 0) is 66.9 Å². The molecule has 2 aromatic carbocycles. The minimum Gasteiger partial charge on any atom is -0.508 e. The predicted molar refractivity (Wildman–Crippen MR) is 85.3 cm³/mol. The molecule has 0 radical (unpaired) electrons. The van der Waals surface area contributed by atoms with Gasteiger partial charge in [-0.1, -0.05) is 6.07 Å². The van der Waals surface area contributed by atoms with Gasteiger partial charge < -0.3 is 9.84 Å². The average Bonchev–Trinajstić information content (AvgIpc) is 2.50. The van der Waals surface area contributed by atoms with Crippen molar-refractivity contribution in [3.05, 3.63) is 59.2 Å². The molecule has 0 aliphatic rings. The highest BCUT2D eigenvalue weighted by Crippen LogP contribution is 2.16. The second kappa shape index (κ2) is 7.26. The molecule has 0 bridgehead atoms. The minimum absolute atomic E-state index is 0.102. The first-order valence-electron chi connectivity index (χ1n) is 6.85. The maximum atomic E-state index is 11.6. The molecule has 0 heterocycles. The average molecular weight is 298 g/mol. The van der Waals surface area contributed by atoms with Gasteiger partial charge in [0.05, 0.1) is 6.21 Å². The van der Waals surface area contributed by atoms with Crippen LogP contribution in [0.1, 0.15) is 16.7 Å². The Hall–Kier alpha value is -2.82. The number of nitrogens with one attached hydrogen (secondary N) is 1. The summed E-state index contributed by atoms with van der Waals surface area (Å²) in [6.45, 7) is 3.91. The Morgan fingerprint density at radius 2 is 1.91 bits per heavy atom. The van der Waals surface area contributed by atoms with E-state index in [0.717, 1.165) is 11.1 Å². The van der Waals surface area contributed by atoms with E-state index >= 15 is 0 Å². The van der Waals surface area contributed by atoms with E-state index in [1.807, 2.05) is 32.0 Å². The summed E-state index contributed by atoms with van der Waals surface area (Å²) in [5, 5.41) is 13.0. The number of phenols is 1. The van der Waals surface area contributed by atoms with Gasteiger partial charge in [-0.25, -0.2) is 5.43 Å². The molecule has 5 nitrogen and oxygen atoms in total. The lowest BCUT2D eigenvalue weighted by Gasteiger charge is -2.07. The summed E-state index contributed by atoms with van der Waals surface area (Å²) in [5.74, 6) is 0.497. The molecule has 0 atom stereocenters. The Kier molecular flexibility index (Phi) is 5.14. The quantitative estimate of drug-likeness (QED) is 0.658. The van der Waals surface area contributed by atoms with Crippen LogP contribution in [0.3, 0.4) is 0 Å². The van der Waals surface area contributed by atoms with E-state index in [9.17, 15) is 4.79 Å². The zero-order valence-corrected chi connectivity index (χ0v) is 12.5. The number of nitrogens with zero attached hydrogens (tertiary/aromatic N) is 1. The van der Waals surface area contributed by atoms with Crippen LogP contribution < -0.4 is 10.2 Å². The Bertz CT molecular complexity index is 679. The SMILES string of the molecule is Cc1ccc(OCC(=O)N/N=C\c2ccc(O)cc2)cc1C. The van der Waals surface area contributed by atoms with E-state index < -0.39 is 0 Å². The van der Waals surface area contributed by atoms with Gasteiger partial charge in [-0.3, -0.25) is 4.79 Å². The molecule has 0 unspecified atom stereocenters. The van der Waals surface area contributed by atoms with Crippen LogP contribution >= 0.6 is 0 Å². The molecule has 22 heavy (non-hydrogen) atoms. The van der Waals surface area contributed by atoms with Crippen molar-refractivity contribution in [3.8, 4) is 11.5 Å². The van der Waals surface area contributed by atoms with E-state index in [4.69, 9.17) is 9.84 Å². The molecule has 0 aliphatic carbocycles. The van der Waals surface area contributed by atoms with Crippen LogP contribution in [0.25, 0.3) is 0 Å². The normalized spacial score (nSPS) is 10.6. The van der Waals surface area contributed by atoms with Crippen LogP contribution in [-0.2, 0) is 4.79 Å². The lowest BCUT2D eigenvalue weighted by molar-refractivity contribution is -0.123. The fourth-order valence-electron chi connectivity index (χ4n) is 1.72. The summed E-state index contributed by atoms with van der Waals surface area (Å²) in [4.78, 5) is 11.6. The summed E-state index contributed by atoms with van der Waals surface area (Å²) in [7, 11) is 0. The second-order valence-corrected chi connectivity index (χ2v) is 4.92. The molecular formula is C17H18N2O3. The molecule has 2 N–H and O–H groups in total. The number of phenolic OH excluding ortho intramolecular Hbond substituents is 1. The molecule has 0 fully saturated rings. The highest BCUT2D eigenvalue weighted by molar-refractivity contribution is 5.83. The molecule has 0 saturated carbocycles. The topological polar surface area (TPSA) is 70.9 Å². The monoisotopic (exact) mass is 298 g/mol. The van der Waals surface area contributed by atoms with Crippen molar-refractivity contribution in [2.24, 2.45) is 5.10 Å². The summed E-state index contributed by atoms with van der Waals surface area (Å²) in [6.07, 6.45) is 1.49. The summed E-state index contributed by atoms with van der Waals surface area (Å²) < 4.78 is 5.40. The number of carbonyl (C=O) groups is 1. The fraction of sp³-hybridized carbons (Fsp3) is 0.176. The standard InChI is InChI=1S/C17H18N2O3/c1-12-3-8-16(9-13(12)2)22-11-17(21)19-18-10-14-4-6-15(20)7-5-14/h3-10,20H,11H2,1-2H3,(H,19,21)/b18-10-. The van der Waals surface area contributed by atoms with Gasteiger partial charge in [0.2, 0.25) is 0 Å². The van der Waals surface area contributed by atoms with Gasteiger partial charge in [-0.15, -0.1) is 0 Å². The molecule has 114 valence electrons. The highest BCUT2D eigenvalue weighted by atomic mass is 16.5. The summed E-state index contributed by atoms with van der Waals surface area (Å²) in [5.41, 5.74) is 5.45. The van der Waals surface area contributed by atoms with Crippen molar-refractivity contribution < 1.29 is 14.6 Å². The number of hydrogen-bond donors (Lipinski definition) is 2. The Labute approximate surface area is 129 Å². The van der Waals surface area contributed by atoms with Crippen LogP contribution in [0, 0.1) is 13.8 Å². The molecule has 0 saturated heterocycles. The highest BCUT2D eigenvalue weighted by Gasteiger charge is 2.02. The fourth-order valence-corrected chi connectivity index (χ4v) is 1.72. The van der Waals surface area contributed by atoms with Crippen LogP contribution in [0.5, 0.6) is 11.5 Å². The number of aromatic hydroxyl groups is 1. The Balaban J connectivity index is 1.80. The maximum absolute atomic E-state index is 11.6. The largest absolute Gasteiger partial charge is 0.508 e. The smallest absolute Gasteiger partial charge is 0.277 e. The van der Waals surface area contributed by atoms with Crippen LogP contribution in [0.15, 0.2) is 47.6 Å². The summed E-state index contributed by atoms with van der Waals surface area (Å²) in [6, 6.07) is 12.1. The van der Waals surface area contributed by atoms with E-state index in [1.54, 1.807) is 24.3 Å². The molecule has 2 aromatic rings.